The molecule has 1 aromatic heterocycles. The van der Waals surface area contributed by atoms with Gasteiger partial charge in [-0.1, -0.05) is 0 Å². The van der Waals surface area contributed by atoms with Crippen LogP contribution in [0, 0.1) is 5.92 Å². The highest BCUT2D eigenvalue weighted by Gasteiger charge is 2.39. The number of aryl methyl sites for hydroxylation is 1. The number of ether oxygens (including phenoxy) is 1. The Labute approximate surface area is 82.9 Å². The van der Waals surface area contributed by atoms with Crippen LogP contribution in [0.25, 0.3) is 0 Å². The maximum Gasteiger partial charge on any atom is 0.315 e. The predicted molar refractivity (Wildman–Crippen MR) is 50.7 cm³/mol. The zero-order valence-corrected chi connectivity index (χ0v) is 8.43. The summed E-state index contributed by atoms with van der Waals surface area (Å²) in [6.07, 6.45) is 4.07. The lowest BCUT2D eigenvalue weighted by molar-refractivity contribution is -0.143. The minimum absolute atomic E-state index is 0.152. The van der Waals surface area contributed by atoms with E-state index in [0.29, 0.717) is 5.92 Å². The van der Waals surface area contributed by atoms with Gasteiger partial charge in [0.05, 0.1) is 12.8 Å². The molecule has 4 nitrogen and oxygen atoms in total. The van der Waals surface area contributed by atoms with Crippen LogP contribution < -0.4 is 0 Å². The molecule has 0 bridgehead atoms. The molecule has 2 rings (SSSR count). The molecule has 0 amide bonds. The number of carbonyl (C=O) groups is 1. The second-order valence-electron chi connectivity index (χ2n) is 3.75. The van der Waals surface area contributed by atoms with Crippen LogP contribution in [0.2, 0.25) is 0 Å². The predicted octanol–water partition coefficient (Wildman–Crippen LogP) is 1.09. The average molecular weight is 194 g/mol. The second kappa shape index (κ2) is 3.44. The van der Waals surface area contributed by atoms with Crippen LogP contribution in [0.1, 0.15) is 24.5 Å². The standard InChI is InChI=1S/C10H14N2O2/c1-12-6-5-8(11-12)9(7-3-4-7)10(13)14-2/h5-7,9H,3-4H2,1-2H3. The van der Waals surface area contributed by atoms with Crippen molar-refractivity contribution in [3.63, 3.8) is 0 Å². The molecule has 1 heterocycles. The van der Waals surface area contributed by atoms with Gasteiger partial charge in [-0.2, -0.15) is 5.10 Å². The SMILES string of the molecule is COC(=O)C(c1ccn(C)n1)C1CC1. The molecule has 1 aliphatic rings. The van der Waals surface area contributed by atoms with Crippen molar-refractivity contribution < 1.29 is 9.53 Å². The van der Waals surface area contributed by atoms with Crippen molar-refractivity contribution in [1.29, 1.82) is 0 Å². The van der Waals surface area contributed by atoms with Crippen LogP contribution in [0.3, 0.4) is 0 Å². The maximum atomic E-state index is 11.5. The highest BCUT2D eigenvalue weighted by Crippen LogP contribution is 2.42. The number of nitrogens with zero attached hydrogens (tertiary/aromatic N) is 2. The monoisotopic (exact) mass is 194 g/mol. The zero-order valence-electron chi connectivity index (χ0n) is 8.43. The summed E-state index contributed by atoms with van der Waals surface area (Å²) in [6.45, 7) is 0. The summed E-state index contributed by atoms with van der Waals surface area (Å²) in [5.74, 6) is 0.129. The molecule has 0 aromatic carbocycles. The summed E-state index contributed by atoms with van der Waals surface area (Å²) in [5, 5.41) is 4.26. The van der Waals surface area contributed by atoms with E-state index in [2.05, 4.69) is 5.10 Å². The maximum absolute atomic E-state index is 11.5. The van der Waals surface area contributed by atoms with Gasteiger partial charge in [-0.05, 0) is 24.8 Å². The molecule has 1 unspecified atom stereocenters. The van der Waals surface area contributed by atoms with Crippen molar-refractivity contribution in [2.24, 2.45) is 13.0 Å². The summed E-state index contributed by atoms with van der Waals surface area (Å²) in [5.41, 5.74) is 0.835. The number of methoxy groups -OCH3 is 1. The molecule has 0 saturated heterocycles. The topological polar surface area (TPSA) is 44.1 Å². The fraction of sp³-hybridized carbons (Fsp3) is 0.600. The first-order valence-electron chi connectivity index (χ1n) is 4.79. The molecule has 0 aliphatic heterocycles. The molecule has 0 spiro atoms. The van der Waals surface area contributed by atoms with Gasteiger partial charge in [0.1, 0.15) is 5.92 Å². The van der Waals surface area contributed by atoms with Crippen LogP contribution in [0.5, 0.6) is 0 Å². The van der Waals surface area contributed by atoms with E-state index in [1.165, 1.54) is 7.11 Å². The van der Waals surface area contributed by atoms with E-state index in [0.717, 1.165) is 18.5 Å². The Morgan fingerprint density at radius 1 is 1.71 bits per heavy atom. The van der Waals surface area contributed by atoms with E-state index in [-0.39, 0.29) is 11.9 Å². The van der Waals surface area contributed by atoms with Gasteiger partial charge < -0.3 is 4.74 Å². The highest BCUT2D eigenvalue weighted by atomic mass is 16.5. The average Bonchev–Trinajstić information content (AvgIpc) is 2.90. The first kappa shape index (κ1) is 9.24. The van der Waals surface area contributed by atoms with Gasteiger partial charge in [0, 0.05) is 13.2 Å². The minimum Gasteiger partial charge on any atom is -0.468 e. The Morgan fingerprint density at radius 3 is 2.86 bits per heavy atom. The van der Waals surface area contributed by atoms with Gasteiger partial charge in [-0.15, -0.1) is 0 Å². The molecule has 1 atom stereocenters. The van der Waals surface area contributed by atoms with Crippen LogP contribution in [-0.4, -0.2) is 22.9 Å². The quantitative estimate of drug-likeness (QED) is 0.676. The van der Waals surface area contributed by atoms with Gasteiger partial charge in [0.25, 0.3) is 0 Å². The Morgan fingerprint density at radius 2 is 2.43 bits per heavy atom. The molecular weight excluding hydrogens is 180 g/mol. The van der Waals surface area contributed by atoms with Crippen molar-refractivity contribution in [1.82, 2.24) is 9.78 Å². The van der Waals surface area contributed by atoms with Crippen LogP contribution >= 0.6 is 0 Å². The van der Waals surface area contributed by atoms with Crippen molar-refractivity contribution in [2.45, 2.75) is 18.8 Å². The third kappa shape index (κ3) is 1.64. The summed E-state index contributed by atoms with van der Waals surface area (Å²) in [7, 11) is 3.28. The van der Waals surface area contributed by atoms with E-state index in [1.54, 1.807) is 4.68 Å². The number of hydrogen-bond donors (Lipinski definition) is 0. The van der Waals surface area contributed by atoms with Crippen LogP contribution in [0.15, 0.2) is 12.3 Å². The highest BCUT2D eigenvalue weighted by molar-refractivity contribution is 5.78. The van der Waals surface area contributed by atoms with E-state index >= 15 is 0 Å². The summed E-state index contributed by atoms with van der Waals surface area (Å²) < 4.78 is 6.51. The smallest absolute Gasteiger partial charge is 0.315 e. The summed E-state index contributed by atoms with van der Waals surface area (Å²) >= 11 is 0. The molecule has 1 fully saturated rings. The van der Waals surface area contributed by atoms with Gasteiger partial charge in [0.15, 0.2) is 0 Å². The summed E-state index contributed by atoms with van der Waals surface area (Å²) in [6, 6.07) is 1.89. The van der Waals surface area contributed by atoms with Crippen molar-refractivity contribution in [3.05, 3.63) is 18.0 Å². The van der Waals surface area contributed by atoms with Crippen molar-refractivity contribution >= 4 is 5.97 Å². The first-order valence-corrected chi connectivity index (χ1v) is 4.79. The first-order chi connectivity index (χ1) is 6.72. The molecule has 14 heavy (non-hydrogen) atoms. The molecule has 1 aliphatic carbocycles. The fourth-order valence-corrected chi connectivity index (χ4v) is 1.71. The van der Waals surface area contributed by atoms with Crippen molar-refractivity contribution in [3.8, 4) is 0 Å². The fourth-order valence-electron chi connectivity index (χ4n) is 1.71. The Hall–Kier alpha value is -1.32. The molecule has 0 radical (unpaired) electrons. The minimum atomic E-state index is -0.161. The number of carbonyl (C=O) groups excluding carboxylic acids is 1. The Bertz CT molecular complexity index is 342. The van der Waals surface area contributed by atoms with E-state index in [1.807, 2.05) is 19.3 Å². The molecule has 1 saturated carbocycles. The lowest BCUT2D eigenvalue weighted by Crippen LogP contribution is -2.17. The van der Waals surface area contributed by atoms with Gasteiger partial charge in [0.2, 0.25) is 0 Å². The number of hydrogen-bond acceptors (Lipinski definition) is 3. The molecular formula is C10H14N2O2. The van der Waals surface area contributed by atoms with Gasteiger partial charge in [-0.3, -0.25) is 9.48 Å². The number of rotatable bonds is 3. The van der Waals surface area contributed by atoms with Crippen molar-refractivity contribution in [2.75, 3.05) is 7.11 Å². The normalized spacial score (nSPS) is 17.9. The van der Waals surface area contributed by atoms with E-state index < -0.39 is 0 Å². The molecule has 76 valence electrons. The van der Waals surface area contributed by atoms with Gasteiger partial charge >= 0.3 is 5.97 Å². The molecule has 4 heteroatoms. The third-order valence-electron chi connectivity index (χ3n) is 2.60. The van der Waals surface area contributed by atoms with Crippen LogP contribution in [-0.2, 0) is 16.6 Å². The second-order valence-corrected chi connectivity index (χ2v) is 3.75. The Balaban J connectivity index is 2.22. The van der Waals surface area contributed by atoms with E-state index in [4.69, 9.17) is 4.74 Å². The third-order valence-corrected chi connectivity index (χ3v) is 2.60. The zero-order chi connectivity index (χ0) is 10.1. The number of aromatic nitrogens is 2. The molecule has 1 aromatic rings. The van der Waals surface area contributed by atoms with Crippen LogP contribution in [0.4, 0.5) is 0 Å². The Kier molecular flexibility index (Phi) is 2.27. The van der Waals surface area contributed by atoms with E-state index in [9.17, 15) is 4.79 Å². The molecule has 0 N–H and O–H groups in total. The largest absolute Gasteiger partial charge is 0.468 e. The lowest BCUT2D eigenvalue weighted by atomic mass is 10.0. The van der Waals surface area contributed by atoms with Gasteiger partial charge in [-0.25, -0.2) is 0 Å². The number of esters is 1. The summed E-state index contributed by atoms with van der Waals surface area (Å²) in [4.78, 5) is 11.5. The lowest BCUT2D eigenvalue weighted by Gasteiger charge is -2.10.